The maximum atomic E-state index is 4.11. The zero-order valence-electron chi connectivity index (χ0n) is 8.05. The molecule has 0 bridgehead atoms. The quantitative estimate of drug-likeness (QED) is 0.583. The van der Waals surface area contributed by atoms with Crippen molar-refractivity contribution in [3.63, 3.8) is 0 Å². The molecule has 0 aliphatic heterocycles. The first kappa shape index (κ1) is 9.40. The van der Waals surface area contributed by atoms with Crippen molar-refractivity contribution in [1.29, 1.82) is 0 Å². The first-order chi connectivity index (χ1) is 5.41. The molecule has 1 aromatic carbocycles. The molecule has 0 amide bonds. The molecule has 0 atom stereocenters. The molecule has 0 radical (unpaired) electrons. The van der Waals surface area contributed by atoms with Crippen LogP contribution in [0.25, 0.3) is 0 Å². The van der Waals surface area contributed by atoms with Crippen LogP contribution in [0.2, 0.25) is 0 Å². The van der Waals surface area contributed by atoms with Crippen molar-refractivity contribution < 1.29 is 0 Å². The van der Waals surface area contributed by atoms with Gasteiger partial charge in [-0.25, -0.2) is 0 Å². The zero-order chi connectivity index (χ0) is 9.35. The van der Waals surface area contributed by atoms with E-state index in [4.69, 9.17) is 0 Å². The molecule has 0 saturated carbocycles. The van der Waals surface area contributed by atoms with E-state index in [1.165, 1.54) is 16.0 Å². The predicted octanol–water partition coefficient (Wildman–Crippen LogP) is 2.96. The van der Waals surface area contributed by atoms with E-state index in [9.17, 15) is 0 Å². The lowest BCUT2D eigenvalue weighted by Gasteiger charge is -2.12. The van der Waals surface area contributed by atoms with E-state index in [0.29, 0.717) is 0 Å². The summed E-state index contributed by atoms with van der Waals surface area (Å²) < 4.78 is 0. The smallest absolute Gasteiger partial charge is 0.000965 e. The van der Waals surface area contributed by atoms with Gasteiger partial charge in [0.2, 0.25) is 0 Å². The van der Waals surface area contributed by atoms with E-state index >= 15 is 0 Å². The third-order valence-electron chi connectivity index (χ3n) is 1.87. The molecule has 1 rings (SSSR count). The topological polar surface area (TPSA) is 0 Å². The third-order valence-corrected chi connectivity index (χ3v) is 3.38. The highest BCUT2D eigenvalue weighted by Crippen LogP contribution is 2.31. The van der Waals surface area contributed by atoms with Gasteiger partial charge in [-0.3, -0.25) is 0 Å². The van der Waals surface area contributed by atoms with Crippen molar-refractivity contribution in [2.24, 2.45) is 0 Å². The Morgan fingerprint density at radius 3 is 2.17 bits per heavy atom. The van der Waals surface area contributed by atoms with Crippen molar-refractivity contribution in [3.05, 3.63) is 29.3 Å². The Balaban J connectivity index is 3.43. The van der Waals surface area contributed by atoms with E-state index in [2.05, 4.69) is 50.0 Å². The molecule has 0 nitrogen and oxygen atoms in total. The van der Waals surface area contributed by atoms with Crippen molar-refractivity contribution in [3.8, 4) is 0 Å². The second kappa shape index (κ2) is 2.98. The number of rotatable bonds is 1. The minimum Gasteiger partial charge on any atom is -0.190 e. The summed E-state index contributed by atoms with van der Waals surface area (Å²) in [6.07, 6.45) is 2.12. The lowest BCUT2D eigenvalue weighted by Crippen LogP contribution is -1.85. The fourth-order valence-electron chi connectivity index (χ4n) is 1.24. The number of benzene rings is 1. The normalized spacial score (nSPS) is 11.6. The minimum absolute atomic E-state index is 1.06. The maximum absolute atomic E-state index is 4.11. The molecule has 1 aromatic rings. The third kappa shape index (κ3) is 1.92. The summed E-state index contributed by atoms with van der Waals surface area (Å²) in [4.78, 5) is 1.32. The molecule has 66 valence electrons. The van der Waals surface area contributed by atoms with Crippen LogP contribution < -0.4 is 0 Å². The van der Waals surface area contributed by atoms with Crippen LogP contribution >= 0.6 is 9.21 Å². The fraction of sp³-hybridized carbons (Fsp3) is 0.273. The Hall–Kier alpha value is -0.690. The predicted molar refractivity (Wildman–Crippen MR) is 61.9 cm³/mol. The monoisotopic (exact) mass is 180 g/mol. The summed E-state index contributed by atoms with van der Waals surface area (Å²) in [5, 5.41) is 0. The summed E-state index contributed by atoms with van der Waals surface area (Å²) in [6.45, 7) is 4.23. The Morgan fingerprint density at radius 2 is 1.75 bits per heavy atom. The highest BCUT2D eigenvalue weighted by molar-refractivity contribution is 8.27. The van der Waals surface area contributed by atoms with Gasteiger partial charge in [0.15, 0.2) is 0 Å². The van der Waals surface area contributed by atoms with Gasteiger partial charge in [0.25, 0.3) is 0 Å². The molecule has 0 aromatic heterocycles. The van der Waals surface area contributed by atoms with Crippen LogP contribution in [0, 0.1) is 13.8 Å². The highest BCUT2D eigenvalue weighted by atomic mass is 32.2. The maximum Gasteiger partial charge on any atom is -0.000965 e. The Morgan fingerprint density at radius 1 is 1.17 bits per heavy atom. The van der Waals surface area contributed by atoms with Crippen LogP contribution in [-0.4, -0.2) is 18.0 Å². The largest absolute Gasteiger partial charge is 0.190 e. The van der Waals surface area contributed by atoms with Crippen LogP contribution in [0.15, 0.2) is 23.1 Å². The van der Waals surface area contributed by atoms with Crippen molar-refractivity contribution in [2.45, 2.75) is 18.7 Å². The SMILES string of the molecule is C=S(=C)(C)c1cc(C)ccc1C. The van der Waals surface area contributed by atoms with Crippen LogP contribution in [0.3, 0.4) is 0 Å². The second-order valence-corrected chi connectivity index (χ2v) is 6.53. The molecular formula is C11H16S. The van der Waals surface area contributed by atoms with Crippen LogP contribution in [-0.2, 0) is 0 Å². The van der Waals surface area contributed by atoms with E-state index < -0.39 is 9.21 Å². The lowest BCUT2D eigenvalue weighted by molar-refractivity contribution is 1.26. The van der Waals surface area contributed by atoms with Crippen LogP contribution in [0.4, 0.5) is 0 Å². The number of hydrogen-bond donors (Lipinski definition) is 0. The van der Waals surface area contributed by atoms with Gasteiger partial charge in [-0.2, -0.15) is 9.21 Å². The average Bonchev–Trinajstić information content (AvgIpc) is 1.92. The molecular weight excluding hydrogens is 164 g/mol. The Kier molecular flexibility index (Phi) is 2.34. The van der Waals surface area contributed by atoms with E-state index in [0.717, 1.165) is 0 Å². The first-order valence-corrected chi connectivity index (χ1v) is 6.31. The molecule has 12 heavy (non-hydrogen) atoms. The summed E-state index contributed by atoms with van der Waals surface area (Å²) in [6, 6.07) is 6.47. The zero-order valence-corrected chi connectivity index (χ0v) is 8.87. The Labute approximate surface area is 75.7 Å². The van der Waals surface area contributed by atoms with Gasteiger partial charge in [0, 0.05) is 0 Å². The highest BCUT2D eigenvalue weighted by Gasteiger charge is 1.99. The van der Waals surface area contributed by atoms with Gasteiger partial charge in [-0.15, -0.1) is 0 Å². The molecule has 0 aliphatic carbocycles. The van der Waals surface area contributed by atoms with Gasteiger partial charge >= 0.3 is 0 Å². The molecule has 0 aliphatic rings. The van der Waals surface area contributed by atoms with Crippen LogP contribution in [0.1, 0.15) is 11.1 Å². The molecule has 0 unspecified atom stereocenters. The van der Waals surface area contributed by atoms with E-state index in [1.807, 2.05) is 0 Å². The minimum atomic E-state index is -1.06. The number of aryl methyl sites for hydroxylation is 2. The molecule has 0 heterocycles. The average molecular weight is 180 g/mol. The van der Waals surface area contributed by atoms with E-state index in [-0.39, 0.29) is 0 Å². The van der Waals surface area contributed by atoms with Gasteiger partial charge in [0.05, 0.1) is 0 Å². The summed E-state index contributed by atoms with van der Waals surface area (Å²) in [7, 11) is -1.06. The standard InChI is InChI=1S/C11H16S/c1-9-6-7-10(2)11(8-9)12(3,4)5/h6-8H,3-4H2,1-2,5H3. The Bertz CT molecular complexity index is 383. The summed E-state index contributed by atoms with van der Waals surface area (Å²) in [5.74, 6) is 8.23. The van der Waals surface area contributed by atoms with Gasteiger partial charge in [-0.1, -0.05) is 29.4 Å². The first-order valence-electron chi connectivity index (χ1n) is 3.93. The fourth-order valence-corrected chi connectivity index (χ4v) is 2.55. The van der Waals surface area contributed by atoms with Gasteiger partial charge in [-0.05, 0) is 36.6 Å². The lowest BCUT2D eigenvalue weighted by atomic mass is 10.2. The molecule has 0 fully saturated rings. The molecule has 0 saturated heterocycles. The number of hydrogen-bond acceptors (Lipinski definition) is 0. The molecule has 0 N–H and O–H groups in total. The summed E-state index contributed by atoms with van der Waals surface area (Å²) in [5.41, 5.74) is 2.60. The van der Waals surface area contributed by atoms with Gasteiger partial charge < -0.3 is 0 Å². The van der Waals surface area contributed by atoms with Crippen molar-refractivity contribution >= 4 is 20.9 Å². The van der Waals surface area contributed by atoms with Crippen molar-refractivity contribution in [1.82, 2.24) is 0 Å². The van der Waals surface area contributed by atoms with Gasteiger partial charge in [0.1, 0.15) is 0 Å². The van der Waals surface area contributed by atoms with Crippen molar-refractivity contribution in [2.75, 3.05) is 6.26 Å². The molecule has 1 heteroatoms. The van der Waals surface area contributed by atoms with E-state index in [1.54, 1.807) is 0 Å². The summed E-state index contributed by atoms with van der Waals surface area (Å²) >= 11 is 0. The van der Waals surface area contributed by atoms with Crippen LogP contribution in [0.5, 0.6) is 0 Å². The second-order valence-electron chi connectivity index (χ2n) is 3.54. The molecule has 0 spiro atoms.